The highest BCUT2D eigenvalue weighted by Crippen LogP contribution is 2.09. The number of carbonyl (C=O) groups excluding carboxylic acids is 2. The van der Waals surface area contributed by atoms with E-state index in [4.69, 9.17) is 0 Å². The molecule has 0 radical (unpaired) electrons. The molecule has 0 aliphatic heterocycles. The molecule has 0 saturated heterocycles. The van der Waals surface area contributed by atoms with Gasteiger partial charge >= 0.3 is 0 Å². The van der Waals surface area contributed by atoms with Crippen LogP contribution in [0.4, 0.5) is 0 Å². The highest BCUT2D eigenvalue weighted by molar-refractivity contribution is 5.89. The fraction of sp³-hybridized carbons (Fsp3) is 0.692. The van der Waals surface area contributed by atoms with Crippen LogP contribution in [-0.4, -0.2) is 12.1 Å². The van der Waals surface area contributed by atoms with Gasteiger partial charge in [0, 0.05) is 6.42 Å². The molecule has 0 aromatic carbocycles. The zero-order valence-corrected chi connectivity index (χ0v) is 9.54. The van der Waals surface area contributed by atoms with E-state index >= 15 is 0 Å². The Balaban J connectivity index is 3.07. The number of ketones is 1. The molecule has 86 valence electrons. The van der Waals surface area contributed by atoms with Gasteiger partial charge in [-0.1, -0.05) is 31.8 Å². The van der Waals surface area contributed by atoms with Crippen molar-refractivity contribution >= 4 is 12.1 Å². The van der Waals surface area contributed by atoms with Gasteiger partial charge in [-0.2, -0.15) is 0 Å². The zero-order chi connectivity index (χ0) is 11.4. The molecule has 0 aromatic heterocycles. The van der Waals surface area contributed by atoms with Gasteiger partial charge in [-0.3, -0.25) is 4.79 Å². The number of hydrogen-bond acceptors (Lipinski definition) is 2. The molecular formula is C13H22O2. The summed E-state index contributed by atoms with van der Waals surface area (Å²) in [6, 6.07) is 0. The second kappa shape index (κ2) is 11.2. The number of Topliss-reactive ketones (excluding diaryl/α,β-unsaturated/α-hetero) is 1. The second-order valence-electron chi connectivity index (χ2n) is 3.86. The summed E-state index contributed by atoms with van der Waals surface area (Å²) in [5.41, 5.74) is 0. The summed E-state index contributed by atoms with van der Waals surface area (Å²) in [5.74, 6) is 0.0802. The lowest BCUT2D eigenvalue weighted by molar-refractivity contribution is -0.122. The lowest BCUT2D eigenvalue weighted by Gasteiger charge is -1.99. The lowest BCUT2D eigenvalue weighted by atomic mass is 10.1. The monoisotopic (exact) mass is 210 g/mol. The van der Waals surface area contributed by atoms with E-state index in [1.54, 1.807) is 0 Å². The maximum Gasteiger partial charge on any atom is 0.139 e. The Morgan fingerprint density at radius 3 is 2.20 bits per heavy atom. The van der Waals surface area contributed by atoms with Crippen LogP contribution >= 0.6 is 0 Å². The van der Waals surface area contributed by atoms with Crippen LogP contribution in [0.15, 0.2) is 12.7 Å². The van der Waals surface area contributed by atoms with Crippen LogP contribution in [0, 0.1) is 0 Å². The van der Waals surface area contributed by atoms with Crippen molar-refractivity contribution in [2.45, 2.75) is 57.8 Å². The van der Waals surface area contributed by atoms with Gasteiger partial charge in [0.15, 0.2) is 0 Å². The summed E-state index contributed by atoms with van der Waals surface area (Å²) in [5, 5.41) is 0. The van der Waals surface area contributed by atoms with Crippen molar-refractivity contribution < 1.29 is 9.59 Å². The summed E-state index contributed by atoms with van der Waals surface area (Å²) in [7, 11) is 0. The second-order valence-corrected chi connectivity index (χ2v) is 3.86. The molecule has 0 atom stereocenters. The van der Waals surface area contributed by atoms with Crippen molar-refractivity contribution in [2.75, 3.05) is 0 Å². The molecular weight excluding hydrogens is 188 g/mol. The molecule has 0 N–H and O–H groups in total. The number of rotatable bonds is 11. The van der Waals surface area contributed by atoms with Crippen LogP contribution in [-0.2, 0) is 9.59 Å². The smallest absolute Gasteiger partial charge is 0.139 e. The third-order valence-electron chi connectivity index (χ3n) is 2.42. The van der Waals surface area contributed by atoms with Crippen molar-refractivity contribution in [3.8, 4) is 0 Å². The van der Waals surface area contributed by atoms with Crippen LogP contribution in [0.5, 0.6) is 0 Å². The van der Waals surface area contributed by atoms with E-state index in [0.29, 0.717) is 12.7 Å². The Labute approximate surface area is 92.8 Å². The molecule has 0 unspecified atom stereocenters. The largest absolute Gasteiger partial charge is 0.303 e. The first-order chi connectivity index (χ1) is 7.31. The predicted molar refractivity (Wildman–Crippen MR) is 62.8 cm³/mol. The van der Waals surface area contributed by atoms with Crippen molar-refractivity contribution in [3.63, 3.8) is 0 Å². The van der Waals surface area contributed by atoms with Crippen LogP contribution in [0.2, 0.25) is 0 Å². The number of allylic oxidation sites excluding steroid dienone is 1. The highest BCUT2D eigenvalue weighted by atomic mass is 16.1. The van der Waals surface area contributed by atoms with Gasteiger partial charge in [-0.25, -0.2) is 0 Å². The summed E-state index contributed by atoms with van der Waals surface area (Å²) in [4.78, 5) is 21.0. The third kappa shape index (κ3) is 11.0. The van der Waals surface area contributed by atoms with Crippen LogP contribution in [0.3, 0.4) is 0 Å². The predicted octanol–water partition coefficient (Wildman–Crippen LogP) is 3.45. The Morgan fingerprint density at radius 1 is 1.00 bits per heavy atom. The fourth-order valence-corrected chi connectivity index (χ4v) is 1.51. The molecule has 2 heteroatoms. The van der Waals surface area contributed by atoms with E-state index < -0.39 is 0 Å². The maximum absolute atomic E-state index is 11.0. The Kier molecular flexibility index (Phi) is 10.5. The Morgan fingerprint density at radius 2 is 1.60 bits per heavy atom. The van der Waals surface area contributed by atoms with Gasteiger partial charge in [-0.15, -0.1) is 6.58 Å². The Bertz CT molecular complexity index is 185. The summed E-state index contributed by atoms with van der Waals surface area (Å²) in [6.45, 7) is 3.68. The van der Waals surface area contributed by atoms with E-state index in [0.717, 1.165) is 19.3 Å². The number of carbonyl (C=O) groups is 2. The molecule has 0 saturated carbocycles. The first-order valence-corrected chi connectivity index (χ1v) is 5.87. The average molecular weight is 210 g/mol. The van der Waals surface area contributed by atoms with Gasteiger partial charge in [0.05, 0.1) is 6.42 Å². The summed E-state index contributed by atoms with van der Waals surface area (Å²) in [6.07, 6.45) is 11.4. The minimum atomic E-state index is 0.0802. The van der Waals surface area contributed by atoms with E-state index in [2.05, 4.69) is 6.58 Å². The van der Waals surface area contributed by atoms with Crippen molar-refractivity contribution in [1.82, 2.24) is 0 Å². The molecule has 0 aliphatic carbocycles. The molecule has 0 aliphatic rings. The Hall–Kier alpha value is -0.920. The summed E-state index contributed by atoms with van der Waals surface area (Å²) < 4.78 is 0. The van der Waals surface area contributed by atoms with E-state index in [1.165, 1.54) is 25.7 Å². The molecule has 0 bridgehead atoms. The highest BCUT2D eigenvalue weighted by Gasteiger charge is 1.99. The standard InChI is InChI=1S/C13H22O2/c1-2-3-4-5-6-7-8-9-10-13(15)11-12-14/h2,12H,1,3-11H2. The first kappa shape index (κ1) is 14.1. The molecule has 0 aromatic rings. The SMILES string of the molecule is C=CCCCCCCCCC(=O)CC=O. The van der Waals surface area contributed by atoms with Crippen molar-refractivity contribution in [3.05, 3.63) is 12.7 Å². The molecule has 0 fully saturated rings. The van der Waals surface area contributed by atoms with Gasteiger partial charge in [0.2, 0.25) is 0 Å². The van der Waals surface area contributed by atoms with E-state index in [1.807, 2.05) is 6.08 Å². The fourth-order valence-electron chi connectivity index (χ4n) is 1.51. The van der Waals surface area contributed by atoms with Crippen LogP contribution in [0.25, 0.3) is 0 Å². The van der Waals surface area contributed by atoms with Gasteiger partial charge < -0.3 is 4.79 Å². The van der Waals surface area contributed by atoms with Crippen molar-refractivity contribution in [1.29, 1.82) is 0 Å². The molecule has 0 heterocycles. The van der Waals surface area contributed by atoms with Gasteiger partial charge in [-0.05, 0) is 19.3 Å². The maximum atomic E-state index is 11.0. The molecule has 2 nitrogen and oxygen atoms in total. The van der Waals surface area contributed by atoms with Crippen molar-refractivity contribution in [2.24, 2.45) is 0 Å². The van der Waals surface area contributed by atoms with Gasteiger partial charge in [0.1, 0.15) is 12.1 Å². The summed E-state index contributed by atoms with van der Waals surface area (Å²) >= 11 is 0. The minimum absolute atomic E-state index is 0.0802. The molecule has 15 heavy (non-hydrogen) atoms. The first-order valence-electron chi connectivity index (χ1n) is 5.87. The molecule has 0 spiro atoms. The van der Waals surface area contributed by atoms with E-state index in [-0.39, 0.29) is 12.2 Å². The molecule has 0 rings (SSSR count). The minimum Gasteiger partial charge on any atom is -0.303 e. The number of hydrogen-bond donors (Lipinski definition) is 0. The number of unbranched alkanes of at least 4 members (excludes halogenated alkanes) is 6. The lowest BCUT2D eigenvalue weighted by Crippen LogP contribution is -1.97. The van der Waals surface area contributed by atoms with E-state index in [9.17, 15) is 9.59 Å². The average Bonchev–Trinajstić information content (AvgIpc) is 2.22. The molecule has 0 amide bonds. The van der Waals surface area contributed by atoms with Crippen LogP contribution in [0.1, 0.15) is 57.8 Å². The van der Waals surface area contributed by atoms with Gasteiger partial charge in [0.25, 0.3) is 0 Å². The topological polar surface area (TPSA) is 34.1 Å². The quantitative estimate of drug-likeness (QED) is 0.226. The third-order valence-corrected chi connectivity index (χ3v) is 2.42. The normalized spacial score (nSPS) is 9.87. The number of aldehydes is 1. The van der Waals surface area contributed by atoms with Crippen LogP contribution < -0.4 is 0 Å². The zero-order valence-electron chi connectivity index (χ0n) is 9.54.